The Balaban J connectivity index is 2.84. The van der Waals surface area contributed by atoms with Crippen molar-refractivity contribution in [3.8, 4) is 5.75 Å². The third kappa shape index (κ3) is 5.41. The van der Waals surface area contributed by atoms with Gasteiger partial charge in [0.25, 0.3) is 0 Å². The first-order valence-corrected chi connectivity index (χ1v) is 8.02. The minimum absolute atomic E-state index is 0.141. The molecule has 0 bridgehead atoms. The lowest BCUT2D eigenvalue weighted by Crippen LogP contribution is -2.25. The minimum Gasteiger partial charge on any atom is -0.496 e. The standard InChI is InChI=1S/C15H24FNOS/c1-4-8-17-14(11-19-9-5-2)13-10-12(16)6-7-15(13)18-3/h6-7,10,14,17H,4-5,8-9,11H2,1-3H3. The highest BCUT2D eigenvalue weighted by molar-refractivity contribution is 7.99. The molecule has 1 rings (SSSR count). The van der Waals surface area contributed by atoms with Crippen molar-refractivity contribution in [2.24, 2.45) is 0 Å². The Morgan fingerprint density at radius 1 is 1.32 bits per heavy atom. The van der Waals surface area contributed by atoms with E-state index in [2.05, 4.69) is 19.2 Å². The molecule has 0 aromatic heterocycles. The summed E-state index contributed by atoms with van der Waals surface area (Å²) < 4.78 is 18.8. The molecule has 0 aliphatic rings. The van der Waals surface area contributed by atoms with Gasteiger partial charge in [0, 0.05) is 17.4 Å². The molecule has 19 heavy (non-hydrogen) atoms. The number of hydrogen-bond acceptors (Lipinski definition) is 3. The topological polar surface area (TPSA) is 21.3 Å². The van der Waals surface area contributed by atoms with Crippen molar-refractivity contribution >= 4 is 11.8 Å². The molecule has 0 saturated heterocycles. The molecule has 0 saturated carbocycles. The summed E-state index contributed by atoms with van der Waals surface area (Å²) >= 11 is 1.89. The average Bonchev–Trinajstić information content (AvgIpc) is 2.42. The van der Waals surface area contributed by atoms with Crippen LogP contribution in [-0.4, -0.2) is 25.2 Å². The van der Waals surface area contributed by atoms with Crippen molar-refractivity contribution in [3.05, 3.63) is 29.6 Å². The van der Waals surface area contributed by atoms with Gasteiger partial charge in [-0.25, -0.2) is 4.39 Å². The number of methoxy groups -OCH3 is 1. The molecule has 0 amide bonds. The van der Waals surface area contributed by atoms with Crippen LogP contribution in [-0.2, 0) is 0 Å². The molecule has 0 heterocycles. The van der Waals surface area contributed by atoms with Crippen LogP contribution in [0.1, 0.15) is 38.3 Å². The van der Waals surface area contributed by atoms with E-state index in [1.54, 1.807) is 19.2 Å². The molecular formula is C15H24FNOS. The molecule has 108 valence electrons. The zero-order valence-corrected chi connectivity index (χ0v) is 12.9. The number of hydrogen-bond donors (Lipinski definition) is 1. The first kappa shape index (κ1) is 16.3. The van der Waals surface area contributed by atoms with E-state index in [1.807, 2.05) is 11.8 Å². The fraction of sp³-hybridized carbons (Fsp3) is 0.600. The summed E-state index contributed by atoms with van der Waals surface area (Å²) in [5.74, 6) is 2.61. The maximum Gasteiger partial charge on any atom is 0.123 e. The molecule has 1 aromatic rings. The third-order valence-corrected chi connectivity index (χ3v) is 4.11. The molecule has 2 nitrogen and oxygen atoms in total. The van der Waals surface area contributed by atoms with Crippen LogP contribution in [0.25, 0.3) is 0 Å². The second kappa shape index (κ2) is 9.21. The Hall–Kier alpha value is -0.740. The lowest BCUT2D eigenvalue weighted by molar-refractivity contribution is 0.400. The van der Waals surface area contributed by atoms with E-state index >= 15 is 0 Å². The van der Waals surface area contributed by atoms with Crippen molar-refractivity contribution in [1.82, 2.24) is 5.32 Å². The van der Waals surface area contributed by atoms with Gasteiger partial charge in [-0.3, -0.25) is 0 Å². The first-order chi connectivity index (χ1) is 9.22. The van der Waals surface area contributed by atoms with E-state index in [0.29, 0.717) is 0 Å². The molecule has 0 radical (unpaired) electrons. The van der Waals surface area contributed by atoms with Crippen molar-refractivity contribution in [2.45, 2.75) is 32.7 Å². The van der Waals surface area contributed by atoms with Crippen LogP contribution in [0, 0.1) is 5.82 Å². The summed E-state index contributed by atoms with van der Waals surface area (Å²) in [4.78, 5) is 0. The van der Waals surface area contributed by atoms with Crippen LogP contribution in [0.4, 0.5) is 4.39 Å². The summed E-state index contributed by atoms with van der Waals surface area (Å²) in [5, 5.41) is 3.48. The van der Waals surface area contributed by atoms with Gasteiger partial charge in [-0.2, -0.15) is 11.8 Å². The molecule has 1 aromatic carbocycles. The highest BCUT2D eigenvalue weighted by Gasteiger charge is 2.16. The molecule has 4 heteroatoms. The summed E-state index contributed by atoms with van der Waals surface area (Å²) in [6, 6.07) is 4.87. The Morgan fingerprint density at radius 3 is 2.74 bits per heavy atom. The normalized spacial score (nSPS) is 12.4. The van der Waals surface area contributed by atoms with Crippen molar-refractivity contribution in [1.29, 1.82) is 0 Å². The van der Waals surface area contributed by atoms with Gasteiger partial charge in [0.2, 0.25) is 0 Å². The number of nitrogens with one attached hydrogen (secondary N) is 1. The average molecular weight is 285 g/mol. The summed E-state index contributed by atoms with van der Waals surface area (Å²) in [6.07, 6.45) is 2.22. The third-order valence-electron chi connectivity index (χ3n) is 2.84. The van der Waals surface area contributed by atoms with E-state index in [1.165, 1.54) is 6.07 Å². The molecule has 1 atom stereocenters. The zero-order chi connectivity index (χ0) is 14.1. The van der Waals surface area contributed by atoms with Crippen molar-refractivity contribution in [2.75, 3.05) is 25.2 Å². The van der Waals surface area contributed by atoms with Gasteiger partial charge in [-0.05, 0) is 43.3 Å². The lowest BCUT2D eigenvalue weighted by atomic mass is 10.1. The van der Waals surface area contributed by atoms with E-state index in [0.717, 1.165) is 42.2 Å². The van der Waals surface area contributed by atoms with Gasteiger partial charge < -0.3 is 10.1 Å². The van der Waals surface area contributed by atoms with E-state index < -0.39 is 0 Å². The smallest absolute Gasteiger partial charge is 0.123 e. The Bertz CT molecular complexity index is 373. The largest absolute Gasteiger partial charge is 0.496 e. The SMILES string of the molecule is CCCNC(CSCCC)c1cc(F)ccc1OC. The maximum absolute atomic E-state index is 13.5. The molecule has 0 aliphatic heterocycles. The highest BCUT2D eigenvalue weighted by atomic mass is 32.2. The molecule has 1 N–H and O–H groups in total. The van der Waals surface area contributed by atoms with Gasteiger partial charge >= 0.3 is 0 Å². The maximum atomic E-state index is 13.5. The van der Waals surface area contributed by atoms with Crippen LogP contribution in [0.5, 0.6) is 5.75 Å². The quantitative estimate of drug-likeness (QED) is 0.692. The molecular weight excluding hydrogens is 261 g/mol. The van der Waals surface area contributed by atoms with E-state index in [-0.39, 0.29) is 11.9 Å². The predicted molar refractivity (Wildman–Crippen MR) is 81.6 cm³/mol. The van der Waals surface area contributed by atoms with Crippen LogP contribution in [0.2, 0.25) is 0 Å². The molecule has 0 fully saturated rings. The van der Waals surface area contributed by atoms with Gasteiger partial charge in [0.15, 0.2) is 0 Å². The number of rotatable bonds is 9. The van der Waals surface area contributed by atoms with Gasteiger partial charge in [-0.1, -0.05) is 13.8 Å². The second-order valence-corrected chi connectivity index (χ2v) is 5.62. The monoisotopic (exact) mass is 285 g/mol. The molecule has 1 unspecified atom stereocenters. The minimum atomic E-state index is -0.209. The summed E-state index contributed by atoms with van der Waals surface area (Å²) in [5.41, 5.74) is 0.916. The van der Waals surface area contributed by atoms with Crippen LogP contribution in [0.3, 0.4) is 0 Å². The second-order valence-electron chi connectivity index (χ2n) is 4.47. The first-order valence-electron chi connectivity index (χ1n) is 6.87. The van der Waals surface area contributed by atoms with Crippen molar-refractivity contribution in [3.63, 3.8) is 0 Å². The predicted octanol–water partition coefficient (Wildman–Crippen LogP) is 4.02. The fourth-order valence-electron chi connectivity index (χ4n) is 1.90. The lowest BCUT2D eigenvalue weighted by Gasteiger charge is -2.21. The van der Waals surface area contributed by atoms with Crippen LogP contribution in [0.15, 0.2) is 18.2 Å². The summed E-state index contributed by atoms with van der Waals surface area (Å²) in [7, 11) is 1.63. The highest BCUT2D eigenvalue weighted by Crippen LogP contribution is 2.28. The van der Waals surface area contributed by atoms with E-state index in [4.69, 9.17) is 4.74 Å². The van der Waals surface area contributed by atoms with Crippen LogP contribution >= 0.6 is 11.8 Å². The fourth-order valence-corrected chi connectivity index (χ4v) is 2.89. The summed E-state index contributed by atoms with van der Waals surface area (Å²) in [6.45, 7) is 5.23. The van der Waals surface area contributed by atoms with Gasteiger partial charge in [0.1, 0.15) is 11.6 Å². The van der Waals surface area contributed by atoms with Gasteiger partial charge in [-0.15, -0.1) is 0 Å². The van der Waals surface area contributed by atoms with Crippen molar-refractivity contribution < 1.29 is 9.13 Å². The number of thioether (sulfide) groups is 1. The van der Waals surface area contributed by atoms with E-state index in [9.17, 15) is 4.39 Å². The molecule has 0 spiro atoms. The Morgan fingerprint density at radius 2 is 2.11 bits per heavy atom. The number of benzene rings is 1. The Labute approximate surface area is 120 Å². The number of halogens is 1. The van der Waals surface area contributed by atoms with Crippen LogP contribution < -0.4 is 10.1 Å². The zero-order valence-electron chi connectivity index (χ0n) is 12.0. The Kier molecular flexibility index (Phi) is 7.91. The van der Waals surface area contributed by atoms with Gasteiger partial charge in [0.05, 0.1) is 7.11 Å². The number of ether oxygens (including phenoxy) is 1. The molecule has 0 aliphatic carbocycles.